The van der Waals surface area contributed by atoms with Crippen LogP contribution >= 0.6 is 0 Å². The lowest BCUT2D eigenvalue weighted by atomic mass is 9.95. The molecule has 3 rings (SSSR count). The number of hydrogen-bond donors (Lipinski definition) is 0. The van der Waals surface area contributed by atoms with Gasteiger partial charge < -0.3 is 9.47 Å². The fraction of sp³-hybridized carbons (Fsp3) is 0.957. The highest BCUT2D eigenvalue weighted by atomic mass is 16.5. The second-order valence-corrected chi connectivity index (χ2v) is 9.23. The van der Waals surface area contributed by atoms with Crippen LogP contribution in [0, 0.1) is 23.7 Å². The molecule has 1 saturated carbocycles. The first-order valence-corrected chi connectivity index (χ1v) is 11.1. The minimum atomic E-state index is 0.466. The van der Waals surface area contributed by atoms with Crippen molar-refractivity contribution in [2.45, 2.75) is 105 Å². The lowest BCUT2D eigenvalue weighted by Gasteiger charge is -2.25. The molecule has 1 aliphatic carbocycles. The van der Waals surface area contributed by atoms with Crippen molar-refractivity contribution in [2.75, 3.05) is 13.2 Å². The van der Waals surface area contributed by atoms with Gasteiger partial charge in [0.25, 0.3) is 0 Å². The van der Waals surface area contributed by atoms with Gasteiger partial charge in [0.1, 0.15) is 5.78 Å². The molecule has 3 unspecified atom stereocenters. The zero-order valence-corrected chi connectivity index (χ0v) is 18.3. The summed E-state index contributed by atoms with van der Waals surface area (Å²) in [7, 11) is 0. The van der Waals surface area contributed by atoms with Crippen LogP contribution in [0.25, 0.3) is 0 Å². The topological polar surface area (TPSA) is 35.5 Å². The van der Waals surface area contributed by atoms with Crippen molar-refractivity contribution < 1.29 is 14.3 Å². The molecule has 2 aliphatic heterocycles. The van der Waals surface area contributed by atoms with Gasteiger partial charge in [-0.25, -0.2) is 0 Å². The third-order valence-electron chi connectivity index (χ3n) is 5.89. The van der Waals surface area contributed by atoms with E-state index in [1.807, 2.05) is 0 Å². The van der Waals surface area contributed by atoms with Crippen LogP contribution in [-0.2, 0) is 14.3 Å². The van der Waals surface area contributed by atoms with Crippen LogP contribution in [0.1, 0.15) is 92.9 Å². The van der Waals surface area contributed by atoms with E-state index in [2.05, 4.69) is 41.5 Å². The maximum absolute atomic E-state index is 10.8. The van der Waals surface area contributed by atoms with Gasteiger partial charge in [-0.2, -0.15) is 0 Å². The largest absolute Gasteiger partial charge is 0.378 e. The van der Waals surface area contributed by atoms with Gasteiger partial charge in [0.2, 0.25) is 0 Å². The Morgan fingerprint density at radius 3 is 1.50 bits per heavy atom. The number of ether oxygens (including phenoxy) is 2. The SMILES string of the molecule is CC(C)C1CCC(=O)C1.CC(C)C1CCCCO1.CC(C)C1CCCO1. The molecule has 3 aliphatic rings. The van der Waals surface area contributed by atoms with Crippen LogP contribution in [0.2, 0.25) is 0 Å². The third-order valence-corrected chi connectivity index (χ3v) is 5.89. The molecule has 26 heavy (non-hydrogen) atoms. The Kier molecular flexibility index (Phi) is 11.7. The highest BCUT2D eigenvalue weighted by Gasteiger charge is 2.24. The van der Waals surface area contributed by atoms with E-state index in [0.717, 1.165) is 38.4 Å². The predicted octanol–water partition coefficient (Wildman–Crippen LogP) is 6.04. The standard InChI is InChI=1S/C8H14O.C8H16O.C7H14O/c1-6(2)7-3-4-8(9)5-7;1-7(2)8-5-3-4-6-9-8;1-6(2)7-4-3-5-8-7/h6-7H,3-5H2,1-2H3;7-8H,3-6H2,1-2H3;6-7H,3-5H2,1-2H3. The Balaban J connectivity index is 0.000000195. The summed E-state index contributed by atoms with van der Waals surface area (Å²) in [4.78, 5) is 10.8. The van der Waals surface area contributed by atoms with E-state index in [9.17, 15) is 4.79 Å². The molecule has 0 aromatic carbocycles. The summed E-state index contributed by atoms with van der Waals surface area (Å²) in [6, 6.07) is 0. The molecule has 0 aromatic rings. The average molecular weight is 369 g/mol. The Bertz CT molecular complexity index is 364. The molecule has 0 bridgehead atoms. The lowest BCUT2D eigenvalue weighted by molar-refractivity contribution is -0.117. The first-order valence-electron chi connectivity index (χ1n) is 11.1. The molecular weight excluding hydrogens is 324 g/mol. The smallest absolute Gasteiger partial charge is 0.133 e. The number of hydrogen-bond acceptors (Lipinski definition) is 3. The van der Waals surface area contributed by atoms with Crippen molar-refractivity contribution in [3.05, 3.63) is 0 Å². The van der Waals surface area contributed by atoms with E-state index in [1.165, 1.54) is 32.1 Å². The molecule has 3 fully saturated rings. The maximum Gasteiger partial charge on any atom is 0.133 e. The van der Waals surface area contributed by atoms with Crippen LogP contribution in [0.15, 0.2) is 0 Å². The van der Waals surface area contributed by atoms with Gasteiger partial charge in [0.05, 0.1) is 12.2 Å². The van der Waals surface area contributed by atoms with E-state index in [1.54, 1.807) is 0 Å². The second kappa shape index (κ2) is 12.9. The molecule has 0 amide bonds. The summed E-state index contributed by atoms with van der Waals surface area (Å²) in [5.41, 5.74) is 0. The number of carbonyl (C=O) groups is 1. The van der Waals surface area contributed by atoms with Crippen LogP contribution < -0.4 is 0 Å². The van der Waals surface area contributed by atoms with E-state index in [-0.39, 0.29) is 0 Å². The van der Waals surface area contributed by atoms with E-state index in [0.29, 0.717) is 35.7 Å². The first kappa shape index (κ1) is 23.6. The average Bonchev–Trinajstić information content (AvgIpc) is 3.28. The lowest BCUT2D eigenvalue weighted by Crippen LogP contribution is -2.24. The maximum atomic E-state index is 10.8. The highest BCUT2D eigenvalue weighted by molar-refractivity contribution is 5.80. The fourth-order valence-electron chi connectivity index (χ4n) is 3.83. The second-order valence-electron chi connectivity index (χ2n) is 9.23. The van der Waals surface area contributed by atoms with Gasteiger partial charge in [0, 0.05) is 26.1 Å². The quantitative estimate of drug-likeness (QED) is 0.609. The predicted molar refractivity (Wildman–Crippen MR) is 109 cm³/mol. The van der Waals surface area contributed by atoms with Crippen LogP contribution in [0.4, 0.5) is 0 Å². The minimum absolute atomic E-state index is 0.466. The number of rotatable bonds is 3. The third kappa shape index (κ3) is 9.50. The summed E-state index contributed by atoms with van der Waals surface area (Å²) >= 11 is 0. The van der Waals surface area contributed by atoms with Crippen molar-refractivity contribution in [1.82, 2.24) is 0 Å². The first-order chi connectivity index (χ1) is 12.3. The van der Waals surface area contributed by atoms with Gasteiger partial charge in [-0.15, -0.1) is 0 Å². The highest BCUT2D eigenvalue weighted by Crippen LogP contribution is 2.28. The van der Waals surface area contributed by atoms with Crippen LogP contribution in [0.5, 0.6) is 0 Å². The number of ketones is 1. The van der Waals surface area contributed by atoms with Crippen molar-refractivity contribution in [3.63, 3.8) is 0 Å². The molecule has 3 atom stereocenters. The van der Waals surface area contributed by atoms with E-state index in [4.69, 9.17) is 9.47 Å². The van der Waals surface area contributed by atoms with Gasteiger partial charge in [-0.05, 0) is 62.2 Å². The summed E-state index contributed by atoms with van der Waals surface area (Å²) in [5.74, 6) is 3.30. The fourth-order valence-corrected chi connectivity index (χ4v) is 3.83. The van der Waals surface area contributed by atoms with Crippen LogP contribution in [0.3, 0.4) is 0 Å². The van der Waals surface area contributed by atoms with E-state index >= 15 is 0 Å². The van der Waals surface area contributed by atoms with E-state index < -0.39 is 0 Å². The molecule has 0 spiro atoms. The van der Waals surface area contributed by atoms with Crippen LogP contribution in [-0.4, -0.2) is 31.2 Å². The minimum Gasteiger partial charge on any atom is -0.378 e. The van der Waals surface area contributed by atoms with Crippen molar-refractivity contribution >= 4 is 5.78 Å². The molecule has 0 aromatic heterocycles. The van der Waals surface area contributed by atoms with Crippen molar-refractivity contribution in [3.8, 4) is 0 Å². The van der Waals surface area contributed by atoms with Gasteiger partial charge in [-0.1, -0.05) is 41.5 Å². The molecular formula is C23H44O3. The number of Topliss-reactive ketones (excluding diaryl/α,β-unsaturated/α-hetero) is 1. The molecule has 154 valence electrons. The molecule has 3 heteroatoms. The summed E-state index contributed by atoms with van der Waals surface area (Å²) in [6.07, 6.45) is 10.4. The zero-order chi connectivity index (χ0) is 19.5. The Hall–Kier alpha value is -0.410. The number of carbonyl (C=O) groups excluding carboxylic acids is 1. The van der Waals surface area contributed by atoms with Gasteiger partial charge in [0.15, 0.2) is 0 Å². The molecule has 0 radical (unpaired) electrons. The Labute approximate surface area is 162 Å². The molecule has 0 N–H and O–H groups in total. The normalized spacial score (nSPS) is 28.8. The Morgan fingerprint density at radius 2 is 1.27 bits per heavy atom. The summed E-state index contributed by atoms with van der Waals surface area (Å²) < 4.78 is 11.0. The Morgan fingerprint density at radius 1 is 0.731 bits per heavy atom. The van der Waals surface area contributed by atoms with Gasteiger partial charge in [-0.3, -0.25) is 4.79 Å². The van der Waals surface area contributed by atoms with Gasteiger partial charge >= 0.3 is 0 Å². The molecule has 2 heterocycles. The summed E-state index contributed by atoms with van der Waals surface area (Å²) in [6.45, 7) is 15.3. The molecule has 2 saturated heterocycles. The molecule has 3 nitrogen and oxygen atoms in total. The zero-order valence-electron chi connectivity index (χ0n) is 18.3. The van der Waals surface area contributed by atoms with Crippen molar-refractivity contribution in [1.29, 1.82) is 0 Å². The monoisotopic (exact) mass is 368 g/mol. The summed E-state index contributed by atoms with van der Waals surface area (Å²) in [5, 5.41) is 0. The van der Waals surface area contributed by atoms with Crippen molar-refractivity contribution in [2.24, 2.45) is 23.7 Å².